The van der Waals surface area contributed by atoms with Crippen molar-refractivity contribution < 1.29 is 4.74 Å². The summed E-state index contributed by atoms with van der Waals surface area (Å²) in [6, 6.07) is 10.4. The molecule has 0 amide bonds. The zero-order valence-electron chi connectivity index (χ0n) is 20.7. The Kier molecular flexibility index (Phi) is 11.7. The molecule has 0 radical (unpaired) electrons. The van der Waals surface area contributed by atoms with Crippen LogP contribution in [0.2, 0.25) is 0 Å². The predicted molar refractivity (Wildman–Crippen MR) is 135 cm³/mol. The summed E-state index contributed by atoms with van der Waals surface area (Å²) in [5.41, 5.74) is 2.16. The molecular weight excluding hydrogens is 390 g/mol. The number of hydrogen-bond acceptors (Lipinski definition) is 2. The number of nitrogens with zero attached hydrogens (tertiary/aromatic N) is 1. The summed E-state index contributed by atoms with van der Waals surface area (Å²) in [4.78, 5) is 0. The average Bonchev–Trinajstić information content (AvgIpc) is 2.85. The number of benzene rings is 1. The van der Waals surface area contributed by atoms with Gasteiger partial charge in [0, 0.05) is 6.61 Å². The first-order valence-electron chi connectivity index (χ1n) is 13.9. The number of nitriles is 1. The van der Waals surface area contributed by atoms with Gasteiger partial charge < -0.3 is 4.74 Å². The van der Waals surface area contributed by atoms with Crippen LogP contribution >= 0.6 is 0 Å². The minimum absolute atomic E-state index is 0.470. The smallest absolute Gasteiger partial charge is 0.0991 e. The van der Waals surface area contributed by atoms with Crippen LogP contribution in [0.15, 0.2) is 24.3 Å². The van der Waals surface area contributed by atoms with Crippen LogP contribution < -0.4 is 0 Å². The standard InChI is InChI=1S/C30H47NO/c1-2-3-4-5-6-7-9-25-11-13-26(14-12-25)10-8-23-32-30-21-19-29(20-22-30)28-17-15-27(24-31)16-18-28/h15-18,25-26,29-30H,2-14,19-23H2,1H3. The van der Waals surface area contributed by atoms with E-state index in [-0.39, 0.29) is 0 Å². The maximum atomic E-state index is 8.97. The van der Waals surface area contributed by atoms with E-state index >= 15 is 0 Å². The molecule has 2 heteroatoms. The molecule has 0 aromatic heterocycles. The van der Waals surface area contributed by atoms with Gasteiger partial charge in [-0.15, -0.1) is 0 Å². The van der Waals surface area contributed by atoms with E-state index in [4.69, 9.17) is 10.00 Å². The first kappa shape index (κ1) is 25.3. The van der Waals surface area contributed by atoms with Gasteiger partial charge in [-0.3, -0.25) is 0 Å². The lowest BCUT2D eigenvalue weighted by atomic mass is 9.78. The fraction of sp³-hybridized carbons (Fsp3) is 0.767. The van der Waals surface area contributed by atoms with Crippen molar-refractivity contribution in [3.05, 3.63) is 35.4 Å². The number of unbranched alkanes of at least 4 members (excludes halogenated alkanes) is 5. The zero-order valence-corrected chi connectivity index (χ0v) is 20.7. The van der Waals surface area contributed by atoms with Gasteiger partial charge in [0.1, 0.15) is 0 Å². The van der Waals surface area contributed by atoms with Crippen LogP contribution in [-0.4, -0.2) is 12.7 Å². The summed E-state index contributed by atoms with van der Waals surface area (Å²) >= 11 is 0. The maximum Gasteiger partial charge on any atom is 0.0991 e. The minimum atomic E-state index is 0.470. The van der Waals surface area contributed by atoms with E-state index in [0.717, 1.165) is 24.0 Å². The molecule has 0 atom stereocenters. The molecule has 2 aliphatic carbocycles. The highest BCUT2D eigenvalue weighted by atomic mass is 16.5. The monoisotopic (exact) mass is 437 g/mol. The molecule has 0 saturated heterocycles. The van der Waals surface area contributed by atoms with Crippen LogP contribution in [0.5, 0.6) is 0 Å². The van der Waals surface area contributed by atoms with Crippen molar-refractivity contribution in [2.75, 3.05) is 6.61 Å². The first-order chi connectivity index (χ1) is 15.8. The second-order valence-corrected chi connectivity index (χ2v) is 10.7. The van der Waals surface area contributed by atoms with Crippen LogP contribution in [0.25, 0.3) is 0 Å². The first-order valence-corrected chi connectivity index (χ1v) is 13.9. The topological polar surface area (TPSA) is 33.0 Å². The van der Waals surface area contributed by atoms with Crippen molar-refractivity contribution in [1.82, 2.24) is 0 Å². The third-order valence-electron chi connectivity index (χ3n) is 8.23. The summed E-state index contributed by atoms with van der Waals surface area (Å²) in [5, 5.41) is 8.97. The average molecular weight is 438 g/mol. The summed E-state index contributed by atoms with van der Waals surface area (Å²) < 4.78 is 6.27. The summed E-state index contributed by atoms with van der Waals surface area (Å²) in [5.74, 6) is 2.64. The van der Waals surface area contributed by atoms with Crippen LogP contribution in [-0.2, 0) is 4.74 Å². The second-order valence-electron chi connectivity index (χ2n) is 10.7. The fourth-order valence-electron chi connectivity index (χ4n) is 6.04. The normalized spacial score (nSPS) is 26.0. The summed E-state index contributed by atoms with van der Waals surface area (Å²) in [6.45, 7) is 3.26. The highest BCUT2D eigenvalue weighted by molar-refractivity contribution is 5.33. The lowest BCUT2D eigenvalue weighted by Gasteiger charge is -2.30. The Morgan fingerprint density at radius 1 is 0.750 bits per heavy atom. The highest BCUT2D eigenvalue weighted by Crippen LogP contribution is 2.36. The summed E-state index contributed by atoms with van der Waals surface area (Å²) in [7, 11) is 0. The molecule has 1 aromatic carbocycles. The van der Waals surface area contributed by atoms with Gasteiger partial charge in [-0.25, -0.2) is 0 Å². The van der Waals surface area contributed by atoms with Gasteiger partial charge in [0.25, 0.3) is 0 Å². The minimum Gasteiger partial charge on any atom is -0.378 e. The molecule has 0 heterocycles. The zero-order chi connectivity index (χ0) is 22.4. The van der Waals surface area contributed by atoms with Crippen LogP contribution in [0.4, 0.5) is 0 Å². The maximum absolute atomic E-state index is 8.97. The van der Waals surface area contributed by atoms with Gasteiger partial charge in [0.05, 0.1) is 17.7 Å². The molecule has 1 aromatic rings. The molecule has 0 N–H and O–H groups in total. The van der Waals surface area contributed by atoms with Crippen molar-refractivity contribution in [3.63, 3.8) is 0 Å². The Morgan fingerprint density at radius 3 is 1.97 bits per heavy atom. The molecule has 178 valence electrons. The third kappa shape index (κ3) is 8.90. The lowest BCUT2D eigenvalue weighted by molar-refractivity contribution is 0.0204. The Balaban J connectivity index is 1.19. The Morgan fingerprint density at radius 2 is 1.34 bits per heavy atom. The molecule has 2 nitrogen and oxygen atoms in total. The van der Waals surface area contributed by atoms with Crippen LogP contribution in [0.3, 0.4) is 0 Å². The number of ether oxygens (including phenoxy) is 1. The van der Waals surface area contributed by atoms with Crippen molar-refractivity contribution in [2.24, 2.45) is 11.8 Å². The Bertz CT molecular complexity index is 644. The van der Waals surface area contributed by atoms with Gasteiger partial charge in [0.2, 0.25) is 0 Å². The molecule has 0 aliphatic heterocycles. The largest absolute Gasteiger partial charge is 0.378 e. The van der Waals surface area contributed by atoms with E-state index < -0.39 is 0 Å². The van der Waals surface area contributed by atoms with E-state index in [0.29, 0.717) is 12.0 Å². The SMILES string of the molecule is CCCCCCCCC1CCC(CCCOC2CCC(c3ccc(C#N)cc3)CC2)CC1. The predicted octanol–water partition coefficient (Wildman–Crippen LogP) is 8.94. The van der Waals surface area contributed by atoms with Crippen molar-refractivity contribution >= 4 is 0 Å². The molecule has 0 bridgehead atoms. The van der Waals surface area contributed by atoms with E-state index in [1.807, 2.05) is 12.1 Å². The summed E-state index contributed by atoms with van der Waals surface area (Å²) in [6.07, 6.45) is 24.0. The van der Waals surface area contributed by atoms with Crippen LogP contribution in [0.1, 0.15) is 133 Å². The third-order valence-corrected chi connectivity index (χ3v) is 8.23. The van der Waals surface area contributed by atoms with Crippen molar-refractivity contribution in [2.45, 2.75) is 128 Å². The Hall–Kier alpha value is -1.33. The van der Waals surface area contributed by atoms with Gasteiger partial charge in [-0.1, -0.05) is 89.7 Å². The van der Waals surface area contributed by atoms with E-state index in [1.54, 1.807) is 0 Å². The second kappa shape index (κ2) is 14.7. The lowest BCUT2D eigenvalue weighted by Crippen LogP contribution is -2.21. The molecule has 0 unspecified atom stereocenters. The molecule has 2 saturated carbocycles. The number of hydrogen-bond donors (Lipinski definition) is 0. The quantitative estimate of drug-likeness (QED) is 0.288. The molecule has 3 rings (SSSR count). The van der Waals surface area contributed by atoms with Gasteiger partial charge in [0.15, 0.2) is 0 Å². The fourth-order valence-corrected chi connectivity index (χ4v) is 6.04. The van der Waals surface area contributed by atoms with Crippen LogP contribution in [0, 0.1) is 23.2 Å². The van der Waals surface area contributed by atoms with E-state index in [1.165, 1.54) is 115 Å². The van der Waals surface area contributed by atoms with Crippen molar-refractivity contribution in [1.29, 1.82) is 5.26 Å². The molecule has 32 heavy (non-hydrogen) atoms. The number of rotatable bonds is 13. The molecule has 2 fully saturated rings. The van der Waals surface area contributed by atoms with Crippen molar-refractivity contribution in [3.8, 4) is 6.07 Å². The molecule has 0 spiro atoms. The van der Waals surface area contributed by atoms with E-state index in [9.17, 15) is 0 Å². The van der Waals surface area contributed by atoms with E-state index in [2.05, 4.69) is 25.1 Å². The van der Waals surface area contributed by atoms with Gasteiger partial charge in [-0.2, -0.15) is 5.26 Å². The van der Waals surface area contributed by atoms with Gasteiger partial charge >= 0.3 is 0 Å². The highest BCUT2D eigenvalue weighted by Gasteiger charge is 2.23. The molecule has 2 aliphatic rings. The molecular formula is C30H47NO. The Labute approximate surface area is 198 Å². The van der Waals surface area contributed by atoms with Gasteiger partial charge in [-0.05, 0) is 74.0 Å².